The second-order valence-corrected chi connectivity index (χ2v) is 5.02. The molecule has 94 valence electrons. The van der Waals surface area contributed by atoms with Crippen molar-refractivity contribution >= 4 is 11.8 Å². The normalized spacial score (nSPS) is 13.1. The van der Waals surface area contributed by atoms with Crippen LogP contribution in [0.25, 0.3) is 0 Å². The van der Waals surface area contributed by atoms with Gasteiger partial charge in [0.15, 0.2) is 0 Å². The molecule has 0 rings (SSSR count). The number of rotatable bonds is 4. The second-order valence-electron chi connectivity index (χ2n) is 5.02. The number of carbonyl (C=O) groups is 2. The third-order valence-electron chi connectivity index (χ3n) is 2.68. The van der Waals surface area contributed by atoms with Crippen LogP contribution >= 0.6 is 0 Å². The molecule has 2 amide bonds. The molecule has 5 nitrogen and oxygen atoms in total. The van der Waals surface area contributed by atoms with Gasteiger partial charge in [-0.2, -0.15) is 0 Å². The Morgan fingerprint density at radius 3 is 2.12 bits per heavy atom. The summed E-state index contributed by atoms with van der Waals surface area (Å²) in [6, 6.07) is 0. The summed E-state index contributed by atoms with van der Waals surface area (Å²) >= 11 is 0. The summed E-state index contributed by atoms with van der Waals surface area (Å²) in [6.07, 6.45) is 0. The Labute approximate surface area is 97.2 Å². The van der Waals surface area contributed by atoms with Gasteiger partial charge in [0.2, 0.25) is 0 Å². The van der Waals surface area contributed by atoms with Crippen LogP contribution in [0.2, 0.25) is 0 Å². The van der Waals surface area contributed by atoms with E-state index in [0.29, 0.717) is 25.6 Å². The van der Waals surface area contributed by atoms with Crippen LogP contribution in [-0.2, 0) is 9.59 Å². The van der Waals surface area contributed by atoms with Gasteiger partial charge in [-0.3, -0.25) is 9.59 Å². The average molecular weight is 229 g/mol. The minimum atomic E-state index is -0.619. The number of hydrogen-bond donors (Lipinski definition) is 3. The fourth-order valence-electron chi connectivity index (χ4n) is 0.898. The van der Waals surface area contributed by atoms with E-state index in [9.17, 15) is 9.59 Å². The van der Waals surface area contributed by atoms with Crippen molar-refractivity contribution in [1.29, 1.82) is 0 Å². The maximum Gasteiger partial charge on any atom is 0.309 e. The molecule has 1 atom stereocenters. The molecule has 4 N–H and O–H groups in total. The molecule has 0 aromatic carbocycles. The van der Waals surface area contributed by atoms with Crippen LogP contribution in [0.4, 0.5) is 0 Å². The minimum Gasteiger partial charge on any atom is -0.348 e. The van der Waals surface area contributed by atoms with E-state index in [2.05, 4.69) is 31.4 Å². The zero-order valence-corrected chi connectivity index (χ0v) is 10.6. The molecule has 1 unspecified atom stereocenters. The SMILES string of the molecule is CC(CNC(=O)C(=O)NCCN)C(C)(C)C. The van der Waals surface area contributed by atoms with Gasteiger partial charge in [-0.15, -0.1) is 0 Å². The molecule has 0 radical (unpaired) electrons. The predicted octanol–water partition coefficient (Wildman–Crippen LogP) is -0.140. The van der Waals surface area contributed by atoms with Gasteiger partial charge in [0.05, 0.1) is 0 Å². The van der Waals surface area contributed by atoms with E-state index < -0.39 is 11.8 Å². The van der Waals surface area contributed by atoms with Crippen LogP contribution in [0.1, 0.15) is 27.7 Å². The number of carbonyl (C=O) groups excluding carboxylic acids is 2. The third-order valence-corrected chi connectivity index (χ3v) is 2.68. The lowest BCUT2D eigenvalue weighted by Crippen LogP contribution is -2.44. The highest BCUT2D eigenvalue weighted by Crippen LogP contribution is 2.24. The van der Waals surface area contributed by atoms with Crippen molar-refractivity contribution in [1.82, 2.24) is 10.6 Å². The Kier molecular flexibility index (Phi) is 6.03. The first-order valence-electron chi connectivity index (χ1n) is 5.55. The molecule has 0 aliphatic rings. The molecule has 0 fully saturated rings. The van der Waals surface area contributed by atoms with Gasteiger partial charge in [-0.05, 0) is 11.3 Å². The van der Waals surface area contributed by atoms with Crippen LogP contribution in [-0.4, -0.2) is 31.4 Å². The van der Waals surface area contributed by atoms with E-state index in [-0.39, 0.29) is 5.41 Å². The molecular formula is C11H23N3O2. The van der Waals surface area contributed by atoms with Gasteiger partial charge in [0.1, 0.15) is 0 Å². The molecule has 0 bridgehead atoms. The Morgan fingerprint density at radius 1 is 1.19 bits per heavy atom. The fourth-order valence-corrected chi connectivity index (χ4v) is 0.898. The van der Waals surface area contributed by atoms with E-state index in [1.165, 1.54) is 0 Å². The summed E-state index contributed by atoms with van der Waals surface area (Å²) in [5, 5.41) is 5.02. The van der Waals surface area contributed by atoms with Crippen molar-refractivity contribution in [3.05, 3.63) is 0 Å². The monoisotopic (exact) mass is 229 g/mol. The maximum absolute atomic E-state index is 11.3. The van der Waals surface area contributed by atoms with E-state index >= 15 is 0 Å². The van der Waals surface area contributed by atoms with Gasteiger partial charge in [0.25, 0.3) is 0 Å². The van der Waals surface area contributed by atoms with Crippen molar-refractivity contribution < 1.29 is 9.59 Å². The summed E-state index contributed by atoms with van der Waals surface area (Å²) in [7, 11) is 0. The first kappa shape index (κ1) is 14.9. The fraction of sp³-hybridized carbons (Fsp3) is 0.818. The zero-order chi connectivity index (χ0) is 12.8. The molecule has 0 heterocycles. The Hall–Kier alpha value is -1.10. The molecule has 0 aliphatic heterocycles. The number of hydrogen-bond acceptors (Lipinski definition) is 3. The van der Waals surface area contributed by atoms with Gasteiger partial charge in [-0.25, -0.2) is 0 Å². The van der Waals surface area contributed by atoms with Crippen molar-refractivity contribution in [2.45, 2.75) is 27.7 Å². The Morgan fingerprint density at radius 2 is 1.69 bits per heavy atom. The number of nitrogens with one attached hydrogen (secondary N) is 2. The topological polar surface area (TPSA) is 84.2 Å². The highest BCUT2D eigenvalue weighted by molar-refractivity contribution is 6.35. The second kappa shape index (κ2) is 6.48. The summed E-state index contributed by atoms with van der Waals surface area (Å²) in [4.78, 5) is 22.5. The van der Waals surface area contributed by atoms with Gasteiger partial charge in [0, 0.05) is 19.6 Å². The smallest absolute Gasteiger partial charge is 0.309 e. The summed E-state index contributed by atoms with van der Waals surface area (Å²) in [5.41, 5.74) is 5.32. The highest BCUT2D eigenvalue weighted by Gasteiger charge is 2.21. The number of amides is 2. The standard InChI is InChI=1S/C11H23N3O2/c1-8(11(2,3)4)7-14-10(16)9(15)13-6-5-12/h8H,5-7,12H2,1-4H3,(H,13,15)(H,14,16). The zero-order valence-electron chi connectivity index (χ0n) is 10.6. The van der Waals surface area contributed by atoms with Crippen LogP contribution in [0.15, 0.2) is 0 Å². The summed E-state index contributed by atoms with van der Waals surface area (Å²) in [5.74, 6) is -0.908. The lowest BCUT2D eigenvalue weighted by molar-refractivity contribution is -0.139. The predicted molar refractivity (Wildman–Crippen MR) is 63.7 cm³/mol. The largest absolute Gasteiger partial charge is 0.348 e. The lowest BCUT2D eigenvalue weighted by atomic mass is 9.82. The third kappa shape index (κ3) is 5.70. The molecule has 0 saturated heterocycles. The molecule has 0 spiro atoms. The molecule has 0 aromatic heterocycles. The summed E-state index contributed by atoms with van der Waals surface area (Å²) < 4.78 is 0. The van der Waals surface area contributed by atoms with Crippen molar-refractivity contribution in [2.75, 3.05) is 19.6 Å². The van der Waals surface area contributed by atoms with Gasteiger partial charge in [-0.1, -0.05) is 27.7 Å². The van der Waals surface area contributed by atoms with Crippen molar-refractivity contribution in [3.8, 4) is 0 Å². The van der Waals surface area contributed by atoms with E-state index in [0.717, 1.165) is 0 Å². The number of nitrogens with two attached hydrogens (primary N) is 1. The van der Waals surface area contributed by atoms with Gasteiger partial charge >= 0.3 is 11.8 Å². The average Bonchev–Trinajstić information content (AvgIpc) is 2.20. The van der Waals surface area contributed by atoms with Crippen LogP contribution < -0.4 is 16.4 Å². The molecular weight excluding hydrogens is 206 g/mol. The summed E-state index contributed by atoms with van der Waals surface area (Å²) in [6.45, 7) is 9.48. The Bertz CT molecular complexity index is 246. The molecule has 0 aromatic rings. The Balaban J connectivity index is 3.94. The van der Waals surface area contributed by atoms with Crippen LogP contribution in [0.5, 0.6) is 0 Å². The van der Waals surface area contributed by atoms with Gasteiger partial charge < -0.3 is 16.4 Å². The minimum absolute atomic E-state index is 0.112. The van der Waals surface area contributed by atoms with E-state index in [1.807, 2.05) is 6.92 Å². The quantitative estimate of drug-likeness (QED) is 0.587. The van der Waals surface area contributed by atoms with Crippen LogP contribution in [0, 0.1) is 11.3 Å². The van der Waals surface area contributed by atoms with E-state index in [4.69, 9.17) is 5.73 Å². The molecule has 0 saturated carbocycles. The maximum atomic E-state index is 11.3. The van der Waals surface area contributed by atoms with Crippen molar-refractivity contribution in [2.24, 2.45) is 17.1 Å². The molecule has 5 heteroatoms. The van der Waals surface area contributed by atoms with Crippen molar-refractivity contribution in [3.63, 3.8) is 0 Å². The first-order chi connectivity index (χ1) is 7.29. The van der Waals surface area contributed by atoms with E-state index in [1.54, 1.807) is 0 Å². The molecule has 0 aliphatic carbocycles. The van der Waals surface area contributed by atoms with Crippen LogP contribution in [0.3, 0.4) is 0 Å². The highest BCUT2D eigenvalue weighted by atomic mass is 16.2. The lowest BCUT2D eigenvalue weighted by Gasteiger charge is -2.27. The first-order valence-corrected chi connectivity index (χ1v) is 5.55. The molecule has 16 heavy (non-hydrogen) atoms.